The van der Waals surface area contributed by atoms with Gasteiger partial charge in [-0.15, -0.1) is 5.92 Å². The Morgan fingerprint density at radius 1 is 1.41 bits per heavy atom. The first kappa shape index (κ1) is 11.3. The van der Waals surface area contributed by atoms with Crippen molar-refractivity contribution in [1.29, 1.82) is 0 Å². The molecule has 6 heteroatoms. The number of hydrogen-bond donors (Lipinski definition) is 0. The SMILES string of the molecule is CC#Cc1cc2ncnc(Cl)c2cc1[N+](=O)[O-]. The standard InChI is InChI=1S/C11H6ClN3O2/c1-2-3-7-4-9-8(5-10(7)15(16)17)11(12)14-6-13-9/h4-6H,1H3. The van der Waals surface area contributed by atoms with Crippen molar-refractivity contribution in [2.75, 3.05) is 0 Å². The monoisotopic (exact) mass is 247 g/mol. The van der Waals surface area contributed by atoms with E-state index in [2.05, 4.69) is 21.8 Å². The zero-order valence-electron chi connectivity index (χ0n) is 8.77. The molecule has 5 nitrogen and oxygen atoms in total. The molecule has 1 aromatic carbocycles. The fourth-order valence-corrected chi connectivity index (χ4v) is 1.64. The molecule has 0 saturated carbocycles. The molecule has 84 valence electrons. The zero-order valence-corrected chi connectivity index (χ0v) is 9.52. The molecule has 0 aliphatic rings. The molecule has 17 heavy (non-hydrogen) atoms. The second-order valence-electron chi connectivity index (χ2n) is 3.18. The molecule has 1 aromatic heterocycles. The van der Waals surface area contributed by atoms with Crippen LogP contribution in [0.2, 0.25) is 5.15 Å². The summed E-state index contributed by atoms with van der Waals surface area (Å²) in [5.41, 5.74) is 0.761. The third-order valence-corrected chi connectivity index (χ3v) is 2.46. The van der Waals surface area contributed by atoms with Crippen LogP contribution in [0.1, 0.15) is 12.5 Å². The molecule has 0 bridgehead atoms. The number of nitro benzene ring substituents is 1. The summed E-state index contributed by atoms with van der Waals surface area (Å²) < 4.78 is 0. The third kappa shape index (κ3) is 2.03. The van der Waals surface area contributed by atoms with Gasteiger partial charge in [-0.1, -0.05) is 17.5 Å². The van der Waals surface area contributed by atoms with Crippen molar-refractivity contribution in [1.82, 2.24) is 9.97 Å². The first-order valence-corrected chi connectivity index (χ1v) is 5.02. The molecule has 1 heterocycles. The maximum Gasteiger partial charge on any atom is 0.285 e. The number of nitrogens with zero attached hydrogens (tertiary/aromatic N) is 3. The van der Waals surface area contributed by atoms with Crippen LogP contribution < -0.4 is 0 Å². The van der Waals surface area contributed by atoms with E-state index in [-0.39, 0.29) is 10.8 Å². The first-order chi connectivity index (χ1) is 8.13. The Bertz CT molecular complexity index is 673. The normalized spacial score (nSPS) is 9.76. The first-order valence-electron chi connectivity index (χ1n) is 4.65. The summed E-state index contributed by atoms with van der Waals surface area (Å²) in [4.78, 5) is 18.2. The van der Waals surface area contributed by atoms with Gasteiger partial charge in [0.05, 0.1) is 10.4 Å². The molecule has 0 fully saturated rings. The summed E-state index contributed by atoms with van der Waals surface area (Å²) in [5.74, 6) is 5.30. The van der Waals surface area contributed by atoms with Gasteiger partial charge in [0.2, 0.25) is 0 Å². The highest BCUT2D eigenvalue weighted by Crippen LogP contribution is 2.27. The van der Waals surface area contributed by atoms with E-state index in [1.807, 2.05) is 0 Å². The highest BCUT2D eigenvalue weighted by Gasteiger charge is 2.15. The van der Waals surface area contributed by atoms with Crippen LogP contribution in [-0.4, -0.2) is 14.9 Å². The second kappa shape index (κ2) is 4.36. The minimum atomic E-state index is -0.498. The predicted molar refractivity (Wildman–Crippen MR) is 63.8 cm³/mol. The Morgan fingerprint density at radius 3 is 2.82 bits per heavy atom. The summed E-state index contributed by atoms with van der Waals surface area (Å²) in [6.45, 7) is 1.61. The van der Waals surface area contributed by atoms with Gasteiger partial charge in [-0.25, -0.2) is 9.97 Å². The van der Waals surface area contributed by atoms with Gasteiger partial charge in [-0.3, -0.25) is 10.1 Å². The molecular weight excluding hydrogens is 242 g/mol. The van der Waals surface area contributed by atoms with Crippen LogP contribution >= 0.6 is 11.6 Å². The predicted octanol–water partition coefficient (Wildman–Crippen LogP) is 2.56. The topological polar surface area (TPSA) is 68.9 Å². The largest absolute Gasteiger partial charge is 0.285 e. The molecule has 0 unspecified atom stereocenters. The van der Waals surface area contributed by atoms with Crippen LogP contribution in [0, 0.1) is 22.0 Å². The van der Waals surface area contributed by atoms with Crippen LogP contribution in [0.25, 0.3) is 10.9 Å². The van der Waals surface area contributed by atoms with E-state index in [9.17, 15) is 10.1 Å². The number of aromatic nitrogens is 2. The minimum absolute atomic E-state index is 0.0939. The maximum absolute atomic E-state index is 10.9. The smallest absolute Gasteiger partial charge is 0.258 e. The van der Waals surface area contributed by atoms with Crippen LogP contribution in [0.4, 0.5) is 5.69 Å². The van der Waals surface area contributed by atoms with Crippen LogP contribution in [0.15, 0.2) is 18.5 Å². The average molecular weight is 248 g/mol. The quantitative estimate of drug-likeness (QED) is 0.336. The van der Waals surface area contributed by atoms with Gasteiger partial charge in [0.1, 0.15) is 17.0 Å². The Labute approximate surface area is 102 Å². The van der Waals surface area contributed by atoms with Gasteiger partial charge < -0.3 is 0 Å². The average Bonchev–Trinajstić information content (AvgIpc) is 2.29. The fourth-order valence-electron chi connectivity index (χ4n) is 1.45. The molecule has 0 aliphatic carbocycles. The molecule has 0 atom stereocenters. The van der Waals surface area contributed by atoms with E-state index in [1.165, 1.54) is 18.5 Å². The van der Waals surface area contributed by atoms with Crippen molar-refractivity contribution in [3.63, 3.8) is 0 Å². The number of halogens is 1. The highest BCUT2D eigenvalue weighted by atomic mass is 35.5. The third-order valence-electron chi connectivity index (χ3n) is 2.16. The highest BCUT2D eigenvalue weighted by molar-refractivity contribution is 6.34. The molecule has 0 radical (unpaired) electrons. The fraction of sp³-hybridized carbons (Fsp3) is 0.0909. The lowest BCUT2D eigenvalue weighted by Gasteiger charge is -2.01. The van der Waals surface area contributed by atoms with Gasteiger partial charge in [0.25, 0.3) is 5.69 Å². The van der Waals surface area contributed by atoms with Gasteiger partial charge >= 0.3 is 0 Å². The van der Waals surface area contributed by atoms with Gasteiger partial charge in [-0.05, 0) is 13.0 Å². The number of hydrogen-bond acceptors (Lipinski definition) is 4. The number of fused-ring (bicyclic) bond motifs is 1. The summed E-state index contributed by atoms with van der Waals surface area (Å²) in [6, 6.07) is 2.88. The maximum atomic E-state index is 10.9. The van der Waals surface area contributed by atoms with E-state index < -0.39 is 4.92 Å². The molecule has 0 saturated heterocycles. The summed E-state index contributed by atoms with van der Waals surface area (Å²) >= 11 is 5.85. The second-order valence-corrected chi connectivity index (χ2v) is 3.54. The molecule has 2 rings (SSSR count). The molecular formula is C11H6ClN3O2. The molecule has 2 aromatic rings. The summed E-state index contributed by atoms with van der Waals surface area (Å²) in [5, 5.41) is 11.5. The van der Waals surface area contributed by atoms with E-state index >= 15 is 0 Å². The zero-order chi connectivity index (χ0) is 12.4. The molecule has 0 N–H and O–H groups in total. The number of nitro groups is 1. The van der Waals surface area contributed by atoms with Crippen molar-refractivity contribution in [2.45, 2.75) is 6.92 Å². The summed E-state index contributed by atoms with van der Waals surface area (Å²) in [6.07, 6.45) is 1.31. The van der Waals surface area contributed by atoms with Crippen molar-refractivity contribution in [2.24, 2.45) is 0 Å². The van der Waals surface area contributed by atoms with E-state index in [1.54, 1.807) is 6.92 Å². The molecule has 0 amide bonds. The lowest BCUT2D eigenvalue weighted by molar-refractivity contribution is -0.385. The van der Waals surface area contributed by atoms with Crippen molar-refractivity contribution < 1.29 is 4.92 Å². The molecule has 0 aliphatic heterocycles. The van der Waals surface area contributed by atoms with Crippen LogP contribution in [-0.2, 0) is 0 Å². The lowest BCUT2D eigenvalue weighted by Crippen LogP contribution is -1.94. The van der Waals surface area contributed by atoms with E-state index in [0.29, 0.717) is 16.5 Å². The number of benzene rings is 1. The number of rotatable bonds is 1. The van der Waals surface area contributed by atoms with E-state index in [4.69, 9.17) is 11.6 Å². The van der Waals surface area contributed by atoms with Gasteiger partial charge in [0, 0.05) is 11.5 Å². The lowest BCUT2D eigenvalue weighted by atomic mass is 10.1. The Kier molecular flexibility index (Phi) is 2.90. The minimum Gasteiger partial charge on any atom is -0.258 e. The van der Waals surface area contributed by atoms with E-state index in [0.717, 1.165) is 0 Å². The summed E-state index contributed by atoms with van der Waals surface area (Å²) in [7, 11) is 0. The van der Waals surface area contributed by atoms with Crippen LogP contribution in [0.3, 0.4) is 0 Å². The van der Waals surface area contributed by atoms with Crippen molar-refractivity contribution >= 4 is 28.2 Å². The van der Waals surface area contributed by atoms with Gasteiger partial charge in [0.15, 0.2) is 0 Å². The van der Waals surface area contributed by atoms with Crippen molar-refractivity contribution in [3.05, 3.63) is 39.3 Å². The Balaban J connectivity index is 2.85. The van der Waals surface area contributed by atoms with Crippen molar-refractivity contribution in [3.8, 4) is 11.8 Å². The molecule has 0 spiro atoms. The van der Waals surface area contributed by atoms with Crippen LogP contribution in [0.5, 0.6) is 0 Å². The Morgan fingerprint density at radius 2 is 2.18 bits per heavy atom. The van der Waals surface area contributed by atoms with Gasteiger partial charge in [-0.2, -0.15) is 0 Å². The Hall–Kier alpha value is -2.19.